The molecule has 0 fully saturated rings. The number of anilines is 3. The van der Waals surface area contributed by atoms with E-state index in [1.807, 2.05) is 0 Å². The Kier molecular flexibility index (Phi) is 2.97. The van der Waals surface area contributed by atoms with Crippen molar-refractivity contribution < 1.29 is 14.0 Å². The van der Waals surface area contributed by atoms with Gasteiger partial charge in [-0.2, -0.15) is 0 Å². The zero-order chi connectivity index (χ0) is 15.1. The molecule has 1 aliphatic rings. The largest absolute Gasteiger partial charge is 0.344 e. The summed E-state index contributed by atoms with van der Waals surface area (Å²) >= 11 is 0. The SMILES string of the molecule is CN1C(=O)C(=O)c2ccc(N(C)c3cccc(F)c3)cc21. The van der Waals surface area contributed by atoms with Crippen molar-refractivity contribution in [2.24, 2.45) is 0 Å². The molecule has 0 aromatic heterocycles. The molecule has 1 aliphatic heterocycles. The summed E-state index contributed by atoms with van der Waals surface area (Å²) < 4.78 is 13.3. The maximum absolute atomic E-state index is 13.3. The van der Waals surface area contributed by atoms with Crippen LogP contribution in [0.4, 0.5) is 21.5 Å². The minimum absolute atomic E-state index is 0.317. The van der Waals surface area contributed by atoms with Gasteiger partial charge in [0.15, 0.2) is 0 Å². The molecule has 4 nitrogen and oxygen atoms in total. The molecule has 0 aliphatic carbocycles. The first kappa shape index (κ1) is 13.3. The molecule has 0 spiro atoms. The number of carbonyl (C=O) groups excluding carboxylic acids is 2. The second kappa shape index (κ2) is 4.70. The van der Waals surface area contributed by atoms with Crippen LogP contribution in [0, 0.1) is 5.82 Å². The van der Waals surface area contributed by atoms with Crippen molar-refractivity contribution in [1.82, 2.24) is 0 Å². The Morgan fingerprint density at radius 3 is 2.48 bits per heavy atom. The summed E-state index contributed by atoms with van der Waals surface area (Å²) in [5.74, 6) is -1.34. The van der Waals surface area contributed by atoms with Crippen LogP contribution in [0.5, 0.6) is 0 Å². The normalized spacial score (nSPS) is 13.6. The molecule has 2 aromatic rings. The smallest absolute Gasteiger partial charge is 0.299 e. The van der Waals surface area contributed by atoms with Crippen molar-refractivity contribution in [3.63, 3.8) is 0 Å². The fourth-order valence-corrected chi connectivity index (χ4v) is 2.41. The Labute approximate surface area is 121 Å². The molecule has 0 radical (unpaired) electrons. The number of Topliss-reactive ketones (excluding diaryl/α,β-unsaturated/α-hetero) is 1. The topological polar surface area (TPSA) is 40.6 Å². The van der Waals surface area contributed by atoms with E-state index in [-0.39, 0.29) is 5.82 Å². The number of likely N-dealkylation sites (N-methyl/N-ethyl adjacent to an activating group) is 1. The summed E-state index contributed by atoms with van der Waals surface area (Å²) in [6, 6.07) is 11.4. The zero-order valence-corrected chi connectivity index (χ0v) is 11.6. The Morgan fingerprint density at radius 1 is 1.05 bits per heavy atom. The first-order chi connectivity index (χ1) is 9.99. The third-order valence-electron chi connectivity index (χ3n) is 3.67. The van der Waals surface area contributed by atoms with Crippen LogP contribution in [0.2, 0.25) is 0 Å². The summed E-state index contributed by atoms with van der Waals surface area (Å²) in [7, 11) is 3.37. The first-order valence-corrected chi connectivity index (χ1v) is 6.45. The second-order valence-corrected chi connectivity index (χ2v) is 4.93. The molecule has 0 saturated carbocycles. The van der Waals surface area contributed by atoms with Gasteiger partial charge >= 0.3 is 0 Å². The zero-order valence-electron chi connectivity index (χ0n) is 11.6. The van der Waals surface area contributed by atoms with Crippen molar-refractivity contribution in [2.45, 2.75) is 0 Å². The van der Waals surface area contributed by atoms with Crippen LogP contribution in [0.25, 0.3) is 0 Å². The molecule has 0 unspecified atom stereocenters. The molecule has 0 atom stereocenters. The number of ketones is 1. The Bertz CT molecular complexity index is 758. The molecule has 2 aromatic carbocycles. The molecule has 106 valence electrons. The van der Waals surface area contributed by atoms with Gasteiger partial charge in [-0.15, -0.1) is 0 Å². The van der Waals surface area contributed by atoms with Crippen LogP contribution in [0.1, 0.15) is 10.4 Å². The van der Waals surface area contributed by atoms with Crippen LogP contribution in [0.15, 0.2) is 42.5 Å². The average molecular weight is 284 g/mol. The highest BCUT2D eigenvalue weighted by atomic mass is 19.1. The van der Waals surface area contributed by atoms with Gasteiger partial charge in [0.2, 0.25) is 0 Å². The lowest BCUT2D eigenvalue weighted by Crippen LogP contribution is -2.24. The van der Waals surface area contributed by atoms with Crippen molar-refractivity contribution in [3.8, 4) is 0 Å². The van der Waals surface area contributed by atoms with Gasteiger partial charge in [-0.05, 0) is 36.4 Å². The highest BCUT2D eigenvalue weighted by Crippen LogP contribution is 2.33. The van der Waals surface area contributed by atoms with Crippen LogP contribution in [-0.4, -0.2) is 25.8 Å². The lowest BCUT2D eigenvalue weighted by atomic mass is 10.1. The molecule has 0 saturated heterocycles. The van der Waals surface area contributed by atoms with Crippen LogP contribution >= 0.6 is 0 Å². The predicted molar refractivity (Wildman–Crippen MR) is 78.6 cm³/mol. The maximum atomic E-state index is 13.3. The van der Waals surface area contributed by atoms with Gasteiger partial charge in [-0.1, -0.05) is 6.07 Å². The van der Waals surface area contributed by atoms with Crippen LogP contribution in [-0.2, 0) is 4.79 Å². The third kappa shape index (κ3) is 2.07. The Hall–Kier alpha value is -2.69. The number of fused-ring (bicyclic) bond motifs is 1. The second-order valence-electron chi connectivity index (χ2n) is 4.93. The lowest BCUT2D eigenvalue weighted by Gasteiger charge is -2.21. The minimum Gasteiger partial charge on any atom is -0.344 e. The molecule has 0 bridgehead atoms. The van der Waals surface area contributed by atoms with E-state index in [0.29, 0.717) is 16.9 Å². The predicted octanol–water partition coefficient (Wildman–Crippen LogP) is 2.75. The molecule has 21 heavy (non-hydrogen) atoms. The van der Waals surface area contributed by atoms with E-state index < -0.39 is 11.7 Å². The minimum atomic E-state index is -0.532. The Balaban J connectivity index is 2.02. The summed E-state index contributed by atoms with van der Waals surface area (Å²) in [5.41, 5.74) is 2.44. The number of carbonyl (C=O) groups is 2. The molecule has 1 heterocycles. The average Bonchev–Trinajstić information content (AvgIpc) is 2.71. The highest BCUT2D eigenvalue weighted by molar-refractivity contribution is 6.52. The van der Waals surface area contributed by atoms with Gasteiger partial charge in [0.25, 0.3) is 11.7 Å². The highest BCUT2D eigenvalue weighted by Gasteiger charge is 2.33. The van der Waals surface area contributed by atoms with E-state index in [0.717, 1.165) is 5.69 Å². The van der Waals surface area contributed by atoms with Gasteiger partial charge in [0.1, 0.15) is 5.82 Å². The van der Waals surface area contributed by atoms with Gasteiger partial charge in [-0.25, -0.2) is 4.39 Å². The number of nitrogens with zero attached hydrogens (tertiary/aromatic N) is 2. The fraction of sp³-hybridized carbons (Fsp3) is 0.125. The standard InChI is InChI=1S/C16H13FN2O2/c1-18(11-5-3-4-10(17)8-11)12-6-7-13-14(9-12)19(2)16(21)15(13)20/h3-9H,1-2H3. The number of hydrogen-bond acceptors (Lipinski definition) is 3. The van der Waals surface area contributed by atoms with Crippen molar-refractivity contribution >= 4 is 28.8 Å². The van der Waals surface area contributed by atoms with Gasteiger partial charge in [-0.3, -0.25) is 9.59 Å². The molecule has 3 rings (SSSR count). The van der Waals surface area contributed by atoms with Gasteiger partial charge in [0.05, 0.1) is 11.3 Å². The molecular weight excluding hydrogens is 271 g/mol. The lowest BCUT2D eigenvalue weighted by molar-refractivity contribution is -0.114. The van der Waals surface area contributed by atoms with E-state index >= 15 is 0 Å². The first-order valence-electron chi connectivity index (χ1n) is 6.45. The van der Waals surface area contributed by atoms with E-state index in [2.05, 4.69) is 0 Å². The number of rotatable bonds is 2. The Morgan fingerprint density at radius 2 is 1.76 bits per heavy atom. The molecule has 1 amide bonds. The third-order valence-corrected chi connectivity index (χ3v) is 3.67. The van der Waals surface area contributed by atoms with E-state index in [9.17, 15) is 14.0 Å². The van der Waals surface area contributed by atoms with Crippen LogP contribution in [0.3, 0.4) is 0 Å². The quantitative estimate of drug-likeness (QED) is 0.796. The maximum Gasteiger partial charge on any atom is 0.299 e. The summed E-state index contributed by atoms with van der Waals surface area (Å²) in [6.07, 6.45) is 0. The molecule has 0 N–H and O–H groups in total. The summed E-state index contributed by atoms with van der Waals surface area (Å²) in [4.78, 5) is 26.5. The summed E-state index contributed by atoms with van der Waals surface area (Å²) in [6.45, 7) is 0. The number of amides is 1. The number of halogens is 1. The molecule has 5 heteroatoms. The van der Waals surface area contributed by atoms with Crippen molar-refractivity contribution in [2.75, 3.05) is 23.9 Å². The van der Waals surface area contributed by atoms with Gasteiger partial charge in [0, 0.05) is 25.5 Å². The fourth-order valence-electron chi connectivity index (χ4n) is 2.41. The van der Waals surface area contributed by atoms with Crippen molar-refractivity contribution in [1.29, 1.82) is 0 Å². The molecular formula is C16H13FN2O2. The van der Waals surface area contributed by atoms with E-state index in [1.165, 1.54) is 17.0 Å². The number of hydrogen-bond donors (Lipinski definition) is 0. The van der Waals surface area contributed by atoms with Crippen LogP contribution < -0.4 is 9.80 Å². The van der Waals surface area contributed by atoms with E-state index in [1.54, 1.807) is 49.3 Å². The van der Waals surface area contributed by atoms with Crippen molar-refractivity contribution in [3.05, 3.63) is 53.8 Å². The number of benzene rings is 2. The van der Waals surface area contributed by atoms with E-state index in [4.69, 9.17) is 0 Å². The summed E-state index contributed by atoms with van der Waals surface area (Å²) in [5, 5.41) is 0. The monoisotopic (exact) mass is 284 g/mol. The van der Waals surface area contributed by atoms with Gasteiger partial charge < -0.3 is 9.80 Å².